The SMILES string of the molecule is [2H]C=C([2H])C1c2ccccc2C(c2ccccc2)(c2ccccc2)C1/C([2H])=C/N(c1ccc(-c2ccccc2)cc1)c1ccc(-c2cc3ccccc3c3ccccc23)cc1. The van der Waals surface area contributed by atoms with Gasteiger partial charge in [0.25, 0.3) is 0 Å². The summed E-state index contributed by atoms with van der Waals surface area (Å²) in [4.78, 5) is 2.12. The molecule has 0 N–H and O–H groups in total. The van der Waals surface area contributed by atoms with E-state index < -0.39 is 17.3 Å². The molecule has 0 fully saturated rings. The Morgan fingerprint density at radius 3 is 1.67 bits per heavy atom. The molecule has 1 heteroatoms. The summed E-state index contributed by atoms with van der Waals surface area (Å²) in [7, 11) is 0. The van der Waals surface area contributed by atoms with Crippen LogP contribution in [0.3, 0.4) is 0 Å². The molecule has 0 aromatic heterocycles. The second kappa shape index (κ2) is 15.0. The average Bonchev–Trinajstić information content (AvgIpc) is 3.66. The Morgan fingerprint density at radius 1 is 0.500 bits per heavy atom. The smallest absolute Gasteiger partial charge is 0.0595 e. The minimum atomic E-state index is -0.823. The zero-order valence-electron chi connectivity index (χ0n) is 35.0. The van der Waals surface area contributed by atoms with E-state index in [4.69, 9.17) is 1.37 Å². The minimum Gasteiger partial charge on any atom is -0.317 e. The van der Waals surface area contributed by atoms with Crippen LogP contribution in [0, 0.1) is 5.92 Å². The van der Waals surface area contributed by atoms with Crippen molar-refractivity contribution < 1.29 is 4.11 Å². The Bertz CT molecular complexity index is 3010. The minimum absolute atomic E-state index is 0.176. The number of benzene rings is 9. The fourth-order valence-electron chi connectivity index (χ4n) is 9.36. The Balaban J connectivity index is 1.17. The van der Waals surface area contributed by atoms with E-state index in [0.29, 0.717) is 6.05 Å². The molecule has 2 atom stereocenters. The van der Waals surface area contributed by atoms with Crippen LogP contribution in [0.5, 0.6) is 0 Å². The molecule has 0 radical (unpaired) electrons. The van der Waals surface area contributed by atoms with Crippen LogP contribution in [-0.2, 0) is 5.41 Å². The number of allylic oxidation sites excluding steroid dienone is 2. The van der Waals surface area contributed by atoms with E-state index in [0.717, 1.165) is 56.9 Å². The van der Waals surface area contributed by atoms with E-state index in [2.05, 4.69) is 199 Å². The van der Waals surface area contributed by atoms with Crippen molar-refractivity contribution in [1.29, 1.82) is 0 Å². The lowest BCUT2D eigenvalue weighted by atomic mass is 9.64. The maximum atomic E-state index is 10.4. The monoisotopic (exact) mass is 744 g/mol. The molecule has 0 heterocycles. The van der Waals surface area contributed by atoms with E-state index in [1.54, 1.807) is 0 Å². The van der Waals surface area contributed by atoms with Crippen molar-refractivity contribution >= 4 is 32.9 Å². The van der Waals surface area contributed by atoms with Crippen molar-refractivity contribution in [2.24, 2.45) is 5.92 Å². The summed E-state index contributed by atoms with van der Waals surface area (Å²) in [6.45, 7) is 1.16. The van der Waals surface area contributed by atoms with Gasteiger partial charge in [-0.05, 0) is 96.4 Å². The Hall–Kier alpha value is -7.22. The van der Waals surface area contributed by atoms with E-state index in [1.165, 1.54) is 27.1 Å². The first kappa shape index (κ1) is 31.9. The van der Waals surface area contributed by atoms with Gasteiger partial charge in [0, 0.05) is 29.4 Å². The molecule has 2 unspecified atom stereocenters. The molecule has 0 bridgehead atoms. The lowest BCUT2D eigenvalue weighted by molar-refractivity contribution is 0.459. The van der Waals surface area contributed by atoms with Gasteiger partial charge in [0.1, 0.15) is 0 Å². The van der Waals surface area contributed by atoms with Crippen molar-refractivity contribution in [2.75, 3.05) is 4.90 Å². The van der Waals surface area contributed by atoms with Gasteiger partial charge in [-0.3, -0.25) is 0 Å². The van der Waals surface area contributed by atoms with Crippen LogP contribution in [0.1, 0.15) is 32.3 Å². The van der Waals surface area contributed by atoms with Crippen LogP contribution >= 0.6 is 0 Å². The number of nitrogens with zero attached hydrogens (tertiary/aromatic N) is 1. The van der Waals surface area contributed by atoms with Crippen LogP contribution < -0.4 is 4.90 Å². The van der Waals surface area contributed by atoms with Crippen molar-refractivity contribution in [3.8, 4) is 22.3 Å². The van der Waals surface area contributed by atoms with Crippen LogP contribution in [0.4, 0.5) is 11.4 Å². The third-order valence-electron chi connectivity index (χ3n) is 12.0. The molecular formula is C57H43N. The summed E-state index contributed by atoms with van der Waals surface area (Å²) in [6.07, 6.45) is 1.96. The highest BCUT2D eigenvalue weighted by atomic mass is 15.1. The van der Waals surface area contributed by atoms with Gasteiger partial charge < -0.3 is 4.90 Å². The maximum Gasteiger partial charge on any atom is 0.0595 e. The molecule has 0 spiro atoms. The van der Waals surface area contributed by atoms with Gasteiger partial charge in [-0.25, -0.2) is 0 Å². The topological polar surface area (TPSA) is 3.24 Å². The van der Waals surface area contributed by atoms with Crippen molar-refractivity contribution in [1.82, 2.24) is 0 Å². The zero-order chi connectivity index (χ0) is 41.3. The lowest BCUT2D eigenvalue weighted by Gasteiger charge is -2.38. The van der Waals surface area contributed by atoms with Crippen LogP contribution in [-0.4, -0.2) is 0 Å². The average molecular weight is 745 g/mol. The van der Waals surface area contributed by atoms with E-state index in [-0.39, 0.29) is 6.05 Å². The number of fused-ring (bicyclic) bond motifs is 4. The van der Waals surface area contributed by atoms with Gasteiger partial charge in [0.05, 0.1) is 9.53 Å². The van der Waals surface area contributed by atoms with Gasteiger partial charge in [-0.2, -0.15) is 0 Å². The fraction of sp³-hybridized carbons (Fsp3) is 0.0526. The number of hydrogen-bond donors (Lipinski definition) is 0. The van der Waals surface area contributed by atoms with E-state index in [9.17, 15) is 2.74 Å². The normalized spacial score (nSPS) is 17.0. The molecule has 0 aliphatic heterocycles. The largest absolute Gasteiger partial charge is 0.317 e. The molecule has 1 nitrogen and oxygen atoms in total. The number of anilines is 2. The first-order valence-corrected chi connectivity index (χ1v) is 20.0. The summed E-state index contributed by atoms with van der Waals surface area (Å²) < 4.78 is 28.2. The third kappa shape index (κ3) is 5.95. The van der Waals surface area contributed by atoms with Gasteiger partial charge in [0.2, 0.25) is 0 Å². The van der Waals surface area contributed by atoms with Crippen molar-refractivity contribution in [3.05, 3.63) is 266 Å². The molecule has 1 aliphatic carbocycles. The molecule has 0 saturated carbocycles. The Labute approximate surface area is 345 Å². The van der Waals surface area contributed by atoms with Crippen LogP contribution in [0.25, 0.3) is 43.8 Å². The highest BCUT2D eigenvalue weighted by Gasteiger charge is 2.52. The van der Waals surface area contributed by atoms with E-state index >= 15 is 0 Å². The summed E-state index contributed by atoms with van der Waals surface area (Å²) >= 11 is 0. The molecule has 10 rings (SSSR count). The van der Waals surface area contributed by atoms with Crippen molar-refractivity contribution in [2.45, 2.75) is 11.3 Å². The summed E-state index contributed by atoms with van der Waals surface area (Å²) in [5, 5.41) is 4.87. The quantitative estimate of drug-likeness (QED) is 0.105. The zero-order valence-corrected chi connectivity index (χ0v) is 32.0. The molecule has 0 amide bonds. The number of rotatable bonds is 9. The Kier molecular flexibility index (Phi) is 8.27. The molecule has 1 aliphatic rings. The maximum absolute atomic E-state index is 10.4. The molecule has 0 saturated heterocycles. The molecule has 276 valence electrons. The first-order valence-electron chi connectivity index (χ1n) is 21.5. The van der Waals surface area contributed by atoms with Crippen LogP contribution in [0.2, 0.25) is 0 Å². The summed E-state index contributed by atoms with van der Waals surface area (Å²) in [6, 6.07) is 76.8. The van der Waals surface area contributed by atoms with Gasteiger partial charge in [-0.15, -0.1) is 6.55 Å². The van der Waals surface area contributed by atoms with Gasteiger partial charge >= 0.3 is 0 Å². The first-order chi connectivity index (χ1) is 30.1. The summed E-state index contributed by atoms with van der Waals surface area (Å²) in [5.74, 6) is -1.10. The van der Waals surface area contributed by atoms with Gasteiger partial charge in [-0.1, -0.05) is 200 Å². The molecule has 9 aromatic rings. The van der Waals surface area contributed by atoms with Crippen LogP contribution in [0.15, 0.2) is 243 Å². The molecule has 58 heavy (non-hydrogen) atoms. The fourth-order valence-corrected chi connectivity index (χ4v) is 9.36. The summed E-state index contributed by atoms with van der Waals surface area (Å²) in [5.41, 5.74) is 9.63. The number of hydrogen-bond acceptors (Lipinski definition) is 1. The highest BCUT2D eigenvalue weighted by Crippen LogP contribution is 2.58. The standard InChI is InChI=1S/C57H43N/c1-2-49-53-28-16-17-29-55(53)57(45-21-8-4-9-22-45,46-23-10-5-11-24-46)56(49)38-39-58(47-34-30-42(31-35-47)41-18-6-3-7-19-41)48-36-32-43(33-37-48)54-40-44-20-12-13-25-50(44)51-26-14-15-27-52(51)54/h2-40,49,56H,1H2/b39-38+/i1D,2D,38D/b2-1?,39-38+. The predicted molar refractivity (Wildman–Crippen MR) is 246 cm³/mol. The van der Waals surface area contributed by atoms with Crippen molar-refractivity contribution in [3.63, 3.8) is 0 Å². The molecular weight excluding hydrogens is 699 g/mol. The van der Waals surface area contributed by atoms with Gasteiger partial charge in [0.15, 0.2) is 0 Å². The second-order valence-corrected chi connectivity index (χ2v) is 15.1. The lowest BCUT2D eigenvalue weighted by Crippen LogP contribution is -2.34. The second-order valence-electron chi connectivity index (χ2n) is 15.1. The van der Waals surface area contributed by atoms with E-state index in [1.807, 2.05) is 30.5 Å². The Morgan fingerprint density at radius 2 is 1.02 bits per heavy atom. The predicted octanol–water partition coefficient (Wildman–Crippen LogP) is 14.9. The third-order valence-corrected chi connectivity index (χ3v) is 12.0. The highest BCUT2D eigenvalue weighted by molar-refractivity contribution is 6.13. The molecule has 9 aromatic carbocycles.